The predicted octanol–water partition coefficient (Wildman–Crippen LogP) is 3.65. The predicted molar refractivity (Wildman–Crippen MR) is 107 cm³/mol. The Balaban J connectivity index is 1.76. The summed E-state index contributed by atoms with van der Waals surface area (Å²) in [4.78, 5) is 26.8. The molecular weight excluding hydrogens is 340 g/mol. The third-order valence-electron chi connectivity index (χ3n) is 6.12. The first-order valence-corrected chi connectivity index (χ1v) is 10.0. The van der Waals surface area contributed by atoms with Crippen LogP contribution in [0.15, 0.2) is 18.2 Å². The first-order chi connectivity index (χ1) is 12.7. The van der Waals surface area contributed by atoms with Crippen molar-refractivity contribution in [3.05, 3.63) is 23.8 Å². The van der Waals surface area contributed by atoms with E-state index in [9.17, 15) is 9.59 Å². The minimum absolute atomic E-state index is 0.0218. The van der Waals surface area contributed by atoms with Crippen molar-refractivity contribution in [1.82, 2.24) is 5.32 Å². The molecule has 1 fully saturated rings. The highest BCUT2D eigenvalue weighted by Gasteiger charge is 2.32. The maximum absolute atomic E-state index is 12.7. The first kappa shape index (κ1) is 19.7. The molecule has 0 unspecified atom stereocenters. The smallest absolute Gasteiger partial charge is 0.265 e. The number of nitrogens with one attached hydrogen (secondary N) is 1. The van der Waals surface area contributed by atoms with E-state index < -0.39 is 0 Å². The number of ether oxygens (including phenoxy) is 1. The lowest BCUT2D eigenvalue weighted by Crippen LogP contribution is -2.50. The van der Waals surface area contributed by atoms with Gasteiger partial charge in [0.15, 0.2) is 6.61 Å². The molecule has 0 aromatic heterocycles. The number of anilines is 1. The molecule has 3 atom stereocenters. The van der Waals surface area contributed by atoms with Crippen LogP contribution in [0.2, 0.25) is 0 Å². The normalized spacial score (nSPS) is 25.6. The summed E-state index contributed by atoms with van der Waals surface area (Å²) in [6.07, 6.45) is 3.38. The molecule has 1 N–H and O–H groups in total. The van der Waals surface area contributed by atoms with Crippen molar-refractivity contribution in [2.24, 2.45) is 11.8 Å². The van der Waals surface area contributed by atoms with Gasteiger partial charge < -0.3 is 10.1 Å². The zero-order valence-corrected chi connectivity index (χ0v) is 17.2. The van der Waals surface area contributed by atoms with E-state index >= 15 is 0 Å². The molecule has 27 heavy (non-hydrogen) atoms. The molecular formula is C22H32N2O3. The Morgan fingerprint density at radius 3 is 2.70 bits per heavy atom. The molecule has 3 rings (SSSR count). The number of benzene rings is 1. The topological polar surface area (TPSA) is 58.6 Å². The number of carbonyl (C=O) groups is 2. The van der Waals surface area contributed by atoms with Crippen molar-refractivity contribution in [2.45, 2.75) is 65.3 Å². The van der Waals surface area contributed by atoms with Gasteiger partial charge in [0.2, 0.25) is 5.91 Å². The van der Waals surface area contributed by atoms with Gasteiger partial charge in [0, 0.05) is 6.04 Å². The van der Waals surface area contributed by atoms with Gasteiger partial charge in [-0.2, -0.15) is 0 Å². The first-order valence-electron chi connectivity index (χ1n) is 10.0. The molecule has 1 aliphatic heterocycles. The fourth-order valence-corrected chi connectivity index (χ4v) is 4.02. The summed E-state index contributed by atoms with van der Waals surface area (Å²) in [5.74, 6) is 1.47. The van der Waals surface area contributed by atoms with Crippen molar-refractivity contribution >= 4 is 17.5 Å². The van der Waals surface area contributed by atoms with Crippen molar-refractivity contribution < 1.29 is 14.3 Å². The number of amides is 2. The lowest BCUT2D eigenvalue weighted by atomic mass is 9.78. The largest absolute Gasteiger partial charge is 0.482 e. The fourth-order valence-electron chi connectivity index (χ4n) is 4.02. The number of hydrogen-bond donors (Lipinski definition) is 1. The molecule has 2 aliphatic rings. The van der Waals surface area contributed by atoms with Gasteiger partial charge >= 0.3 is 0 Å². The minimum Gasteiger partial charge on any atom is -0.482 e. The van der Waals surface area contributed by atoms with Gasteiger partial charge in [0.1, 0.15) is 12.3 Å². The van der Waals surface area contributed by atoms with Crippen molar-refractivity contribution in [3.63, 3.8) is 0 Å². The Hall–Kier alpha value is -2.04. The second-order valence-corrected chi connectivity index (χ2v) is 9.14. The molecule has 1 aromatic rings. The van der Waals surface area contributed by atoms with Crippen LogP contribution in [0.3, 0.4) is 0 Å². The monoisotopic (exact) mass is 372 g/mol. The van der Waals surface area contributed by atoms with Crippen LogP contribution in [-0.2, 0) is 15.0 Å². The quantitative estimate of drug-likeness (QED) is 0.881. The fraction of sp³-hybridized carbons (Fsp3) is 0.636. The van der Waals surface area contributed by atoms with E-state index in [2.05, 4.69) is 39.9 Å². The zero-order valence-electron chi connectivity index (χ0n) is 17.2. The average Bonchev–Trinajstić information content (AvgIpc) is 2.60. The standard InChI is InChI=1S/C22H32N2O3/c1-14-7-6-8-17(15(14)2)23-20(25)12-24-18-11-16(22(3,4)5)9-10-19(18)27-13-21(24)26/h9-11,14-15,17H,6-8,12-13H2,1-5H3,(H,23,25)/t14-,15+,17+/m1/s1. The molecule has 0 radical (unpaired) electrons. The molecule has 5 heteroatoms. The maximum Gasteiger partial charge on any atom is 0.265 e. The number of carbonyl (C=O) groups excluding carboxylic acids is 2. The van der Waals surface area contributed by atoms with Gasteiger partial charge in [0.25, 0.3) is 5.91 Å². The van der Waals surface area contributed by atoms with Crippen LogP contribution < -0.4 is 15.0 Å². The third kappa shape index (κ3) is 4.28. The number of fused-ring (bicyclic) bond motifs is 1. The number of hydrogen-bond acceptors (Lipinski definition) is 3. The van der Waals surface area contributed by atoms with Crippen molar-refractivity contribution in [1.29, 1.82) is 0 Å². The zero-order chi connectivity index (χ0) is 19.8. The van der Waals surface area contributed by atoms with E-state index in [4.69, 9.17) is 4.74 Å². The molecule has 5 nitrogen and oxygen atoms in total. The van der Waals surface area contributed by atoms with Crippen LogP contribution in [0.25, 0.3) is 0 Å². The summed E-state index contributed by atoms with van der Waals surface area (Å²) in [6.45, 7) is 10.9. The molecule has 148 valence electrons. The third-order valence-corrected chi connectivity index (χ3v) is 6.12. The summed E-state index contributed by atoms with van der Waals surface area (Å²) in [5, 5.41) is 3.17. The molecule has 2 amide bonds. The Bertz CT molecular complexity index is 723. The SMILES string of the molecule is C[C@H]1[C@H](C)CCC[C@@H]1NC(=O)CN1C(=O)COc2ccc(C(C)(C)C)cc21. The highest BCUT2D eigenvalue weighted by atomic mass is 16.5. The highest BCUT2D eigenvalue weighted by Crippen LogP contribution is 2.36. The second kappa shape index (κ2) is 7.53. The highest BCUT2D eigenvalue weighted by molar-refractivity contribution is 6.02. The van der Waals surface area contributed by atoms with Crippen LogP contribution in [0.4, 0.5) is 5.69 Å². The van der Waals surface area contributed by atoms with Gasteiger partial charge in [0.05, 0.1) is 5.69 Å². The molecule has 0 bridgehead atoms. The Kier molecular flexibility index (Phi) is 5.50. The molecule has 1 aromatic carbocycles. The van der Waals surface area contributed by atoms with Gasteiger partial charge in [-0.15, -0.1) is 0 Å². The second-order valence-electron chi connectivity index (χ2n) is 9.14. The maximum atomic E-state index is 12.7. The molecule has 1 saturated carbocycles. The Morgan fingerprint density at radius 1 is 1.26 bits per heavy atom. The van der Waals surface area contributed by atoms with Crippen LogP contribution in [0.1, 0.15) is 59.4 Å². The van der Waals surface area contributed by atoms with E-state index in [1.165, 1.54) is 6.42 Å². The summed E-state index contributed by atoms with van der Waals surface area (Å²) < 4.78 is 5.57. The van der Waals surface area contributed by atoms with E-state index in [-0.39, 0.29) is 36.4 Å². The van der Waals surface area contributed by atoms with Crippen molar-refractivity contribution in [2.75, 3.05) is 18.1 Å². The van der Waals surface area contributed by atoms with E-state index in [0.717, 1.165) is 18.4 Å². The summed E-state index contributed by atoms with van der Waals surface area (Å²) >= 11 is 0. The summed E-state index contributed by atoms with van der Waals surface area (Å²) in [6, 6.07) is 6.10. The number of rotatable bonds is 3. The van der Waals surface area contributed by atoms with Crippen LogP contribution in [-0.4, -0.2) is 31.0 Å². The van der Waals surface area contributed by atoms with Gasteiger partial charge in [-0.1, -0.05) is 53.5 Å². The molecule has 0 saturated heterocycles. The molecule has 1 aliphatic carbocycles. The number of nitrogens with zero attached hydrogens (tertiary/aromatic N) is 1. The van der Waals surface area contributed by atoms with Gasteiger partial charge in [-0.05, 0) is 41.4 Å². The molecule has 1 heterocycles. The average molecular weight is 373 g/mol. The summed E-state index contributed by atoms with van der Waals surface area (Å²) in [7, 11) is 0. The van der Waals surface area contributed by atoms with Gasteiger partial charge in [-0.25, -0.2) is 0 Å². The lowest BCUT2D eigenvalue weighted by Gasteiger charge is -2.35. The summed E-state index contributed by atoms with van der Waals surface area (Å²) in [5.41, 5.74) is 1.76. The Labute approximate surface area is 162 Å². The van der Waals surface area contributed by atoms with Gasteiger partial charge in [-0.3, -0.25) is 14.5 Å². The van der Waals surface area contributed by atoms with E-state index in [1.54, 1.807) is 4.90 Å². The van der Waals surface area contributed by atoms with Crippen LogP contribution >= 0.6 is 0 Å². The van der Waals surface area contributed by atoms with E-state index in [1.807, 2.05) is 18.2 Å². The van der Waals surface area contributed by atoms with Crippen LogP contribution in [0.5, 0.6) is 5.75 Å². The lowest BCUT2D eigenvalue weighted by molar-refractivity contribution is -0.126. The Morgan fingerprint density at radius 2 is 2.00 bits per heavy atom. The van der Waals surface area contributed by atoms with E-state index in [0.29, 0.717) is 23.3 Å². The van der Waals surface area contributed by atoms with Crippen LogP contribution in [0, 0.1) is 11.8 Å². The molecule has 0 spiro atoms. The van der Waals surface area contributed by atoms with Crippen molar-refractivity contribution in [3.8, 4) is 5.75 Å². The minimum atomic E-state index is -0.172.